The number of hydrogen-bond acceptors (Lipinski definition) is 3. The van der Waals surface area contributed by atoms with E-state index in [0.29, 0.717) is 22.4 Å². The van der Waals surface area contributed by atoms with Crippen LogP contribution in [0.15, 0.2) is 36.4 Å². The standard InChI is InChI=1S/C17H11F3N2O2/c18-17(19,20)24-14-3-1-2-10(6-7-21)16(14)11-4-5-13-12(8-11)9-15(23)22-13/h1-5,8H,6,9H2,(H,22,23). The first-order valence-corrected chi connectivity index (χ1v) is 7.05. The first kappa shape index (κ1) is 15.9. The molecule has 0 aliphatic carbocycles. The smallest absolute Gasteiger partial charge is 0.405 e. The Hall–Kier alpha value is -3.01. The number of carbonyl (C=O) groups is 1. The van der Waals surface area contributed by atoms with E-state index in [-0.39, 0.29) is 30.1 Å². The van der Waals surface area contributed by atoms with Crippen LogP contribution in [-0.2, 0) is 17.6 Å². The van der Waals surface area contributed by atoms with Gasteiger partial charge < -0.3 is 10.1 Å². The van der Waals surface area contributed by atoms with Gasteiger partial charge in [-0.3, -0.25) is 4.79 Å². The molecule has 1 N–H and O–H groups in total. The molecule has 0 fully saturated rings. The average Bonchev–Trinajstić information content (AvgIpc) is 2.85. The molecule has 0 spiro atoms. The molecule has 0 saturated carbocycles. The molecule has 1 heterocycles. The molecule has 4 nitrogen and oxygen atoms in total. The van der Waals surface area contributed by atoms with Gasteiger partial charge in [0.1, 0.15) is 5.75 Å². The number of ether oxygens (including phenoxy) is 1. The summed E-state index contributed by atoms with van der Waals surface area (Å²) in [6.45, 7) is 0. The van der Waals surface area contributed by atoms with Gasteiger partial charge in [0, 0.05) is 11.3 Å². The first-order valence-electron chi connectivity index (χ1n) is 7.05. The number of nitriles is 1. The predicted octanol–water partition coefficient (Wildman–Crippen LogP) is 3.81. The minimum absolute atomic E-state index is 0.0569. The van der Waals surface area contributed by atoms with Crippen LogP contribution in [0.1, 0.15) is 11.1 Å². The highest BCUT2D eigenvalue weighted by atomic mass is 19.4. The largest absolute Gasteiger partial charge is 0.573 e. The van der Waals surface area contributed by atoms with Crippen LogP contribution >= 0.6 is 0 Å². The summed E-state index contributed by atoms with van der Waals surface area (Å²) in [5.41, 5.74) is 2.44. The number of nitrogens with one attached hydrogen (secondary N) is 1. The summed E-state index contributed by atoms with van der Waals surface area (Å²) >= 11 is 0. The second kappa shape index (κ2) is 5.89. The molecule has 1 aliphatic heterocycles. The summed E-state index contributed by atoms with van der Waals surface area (Å²) in [4.78, 5) is 11.4. The average molecular weight is 332 g/mol. The molecule has 3 rings (SSSR count). The fourth-order valence-corrected chi connectivity index (χ4v) is 2.73. The zero-order valence-electron chi connectivity index (χ0n) is 12.3. The summed E-state index contributed by atoms with van der Waals surface area (Å²) < 4.78 is 42.2. The van der Waals surface area contributed by atoms with Gasteiger partial charge in [0.2, 0.25) is 5.91 Å². The molecule has 0 radical (unpaired) electrons. The molecular formula is C17H11F3N2O2. The minimum Gasteiger partial charge on any atom is -0.405 e. The molecule has 24 heavy (non-hydrogen) atoms. The minimum atomic E-state index is -4.84. The number of hydrogen-bond donors (Lipinski definition) is 1. The highest BCUT2D eigenvalue weighted by Crippen LogP contribution is 2.39. The molecule has 1 aliphatic rings. The van der Waals surface area contributed by atoms with Crippen molar-refractivity contribution in [1.82, 2.24) is 0 Å². The fourth-order valence-electron chi connectivity index (χ4n) is 2.73. The Labute approximate surface area is 135 Å². The molecule has 1 amide bonds. The van der Waals surface area contributed by atoms with E-state index < -0.39 is 6.36 Å². The van der Waals surface area contributed by atoms with Crippen molar-refractivity contribution >= 4 is 11.6 Å². The van der Waals surface area contributed by atoms with E-state index in [9.17, 15) is 18.0 Å². The molecule has 0 atom stereocenters. The normalized spacial score (nSPS) is 13.2. The topological polar surface area (TPSA) is 62.1 Å². The van der Waals surface area contributed by atoms with Crippen molar-refractivity contribution in [3.63, 3.8) is 0 Å². The van der Waals surface area contributed by atoms with Gasteiger partial charge in [-0.1, -0.05) is 18.2 Å². The fraction of sp³-hybridized carbons (Fsp3) is 0.176. The number of nitrogens with zero attached hydrogens (tertiary/aromatic N) is 1. The van der Waals surface area contributed by atoms with E-state index >= 15 is 0 Å². The third kappa shape index (κ3) is 3.18. The molecule has 2 aromatic carbocycles. The Morgan fingerprint density at radius 1 is 1.25 bits per heavy atom. The maximum absolute atomic E-state index is 12.7. The molecule has 122 valence electrons. The van der Waals surface area contributed by atoms with Gasteiger partial charge in [0.25, 0.3) is 0 Å². The zero-order chi connectivity index (χ0) is 17.3. The maximum atomic E-state index is 12.7. The van der Waals surface area contributed by atoms with E-state index in [1.54, 1.807) is 24.3 Å². The van der Waals surface area contributed by atoms with Crippen LogP contribution in [0, 0.1) is 11.3 Å². The Kier molecular flexibility index (Phi) is 3.89. The lowest BCUT2D eigenvalue weighted by molar-refractivity contribution is -0.274. The number of fused-ring (bicyclic) bond motifs is 1. The van der Waals surface area contributed by atoms with Crippen LogP contribution in [0.3, 0.4) is 0 Å². The van der Waals surface area contributed by atoms with Crippen LogP contribution < -0.4 is 10.1 Å². The van der Waals surface area contributed by atoms with E-state index in [1.807, 2.05) is 6.07 Å². The summed E-state index contributed by atoms with van der Waals surface area (Å²) in [6, 6.07) is 11.0. The van der Waals surface area contributed by atoms with E-state index in [2.05, 4.69) is 10.1 Å². The third-order valence-corrected chi connectivity index (χ3v) is 3.63. The van der Waals surface area contributed by atoms with Crippen molar-refractivity contribution in [2.45, 2.75) is 19.2 Å². The van der Waals surface area contributed by atoms with Gasteiger partial charge in [-0.25, -0.2) is 0 Å². The van der Waals surface area contributed by atoms with Crippen LogP contribution in [0.2, 0.25) is 0 Å². The van der Waals surface area contributed by atoms with E-state index in [1.165, 1.54) is 12.1 Å². The van der Waals surface area contributed by atoms with Crippen molar-refractivity contribution in [1.29, 1.82) is 5.26 Å². The molecule has 0 unspecified atom stereocenters. The van der Waals surface area contributed by atoms with Crippen molar-refractivity contribution in [2.75, 3.05) is 5.32 Å². The van der Waals surface area contributed by atoms with Crippen LogP contribution in [-0.4, -0.2) is 12.3 Å². The van der Waals surface area contributed by atoms with Gasteiger partial charge >= 0.3 is 6.36 Å². The van der Waals surface area contributed by atoms with Crippen LogP contribution in [0.4, 0.5) is 18.9 Å². The number of amides is 1. The van der Waals surface area contributed by atoms with Gasteiger partial charge in [-0.15, -0.1) is 13.2 Å². The van der Waals surface area contributed by atoms with Crippen LogP contribution in [0.5, 0.6) is 5.75 Å². The molecule has 0 bridgehead atoms. The zero-order valence-corrected chi connectivity index (χ0v) is 12.3. The van der Waals surface area contributed by atoms with E-state index in [4.69, 9.17) is 5.26 Å². The van der Waals surface area contributed by atoms with Crippen LogP contribution in [0.25, 0.3) is 11.1 Å². The molecule has 2 aromatic rings. The lowest BCUT2D eigenvalue weighted by Gasteiger charge is -2.16. The lowest BCUT2D eigenvalue weighted by Crippen LogP contribution is -2.18. The van der Waals surface area contributed by atoms with Gasteiger partial charge in [-0.2, -0.15) is 5.26 Å². The summed E-state index contributed by atoms with van der Waals surface area (Å²) in [5.74, 6) is -0.535. The SMILES string of the molecule is N#CCc1cccc(OC(F)(F)F)c1-c1ccc2c(c1)CC(=O)N2. The quantitative estimate of drug-likeness (QED) is 0.929. The summed E-state index contributed by atoms with van der Waals surface area (Å²) in [5, 5.41) is 11.6. The second-order valence-corrected chi connectivity index (χ2v) is 5.27. The summed E-state index contributed by atoms with van der Waals surface area (Å²) in [7, 11) is 0. The Morgan fingerprint density at radius 2 is 2.04 bits per heavy atom. The van der Waals surface area contributed by atoms with Crippen molar-refractivity contribution < 1.29 is 22.7 Å². The monoisotopic (exact) mass is 332 g/mol. The number of carbonyl (C=O) groups excluding carboxylic acids is 1. The number of anilines is 1. The first-order chi connectivity index (χ1) is 11.4. The predicted molar refractivity (Wildman–Crippen MR) is 80.2 cm³/mol. The number of halogens is 3. The van der Waals surface area contributed by atoms with E-state index in [0.717, 1.165) is 0 Å². The van der Waals surface area contributed by atoms with Gasteiger partial charge in [0.05, 0.1) is 18.9 Å². The molecule has 0 saturated heterocycles. The van der Waals surface area contributed by atoms with Crippen molar-refractivity contribution in [3.05, 3.63) is 47.5 Å². The third-order valence-electron chi connectivity index (χ3n) is 3.63. The summed E-state index contributed by atoms with van der Waals surface area (Å²) in [6.07, 6.45) is -4.73. The molecule has 7 heteroatoms. The maximum Gasteiger partial charge on any atom is 0.573 e. The number of rotatable bonds is 3. The number of alkyl halides is 3. The van der Waals surface area contributed by atoms with Crippen molar-refractivity contribution in [3.8, 4) is 22.9 Å². The Balaban J connectivity index is 2.13. The highest BCUT2D eigenvalue weighted by molar-refractivity contribution is 5.99. The lowest BCUT2D eigenvalue weighted by atomic mass is 9.95. The molecular weight excluding hydrogens is 321 g/mol. The Morgan fingerprint density at radius 3 is 2.75 bits per heavy atom. The van der Waals surface area contributed by atoms with Gasteiger partial charge in [0.15, 0.2) is 0 Å². The van der Waals surface area contributed by atoms with Gasteiger partial charge in [-0.05, 0) is 34.9 Å². The molecule has 0 aromatic heterocycles. The Bertz CT molecular complexity index is 854. The number of benzene rings is 2. The van der Waals surface area contributed by atoms with Crippen molar-refractivity contribution in [2.24, 2.45) is 0 Å². The second-order valence-electron chi connectivity index (χ2n) is 5.27. The highest BCUT2D eigenvalue weighted by Gasteiger charge is 2.33.